The van der Waals surface area contributed by atoms with Crippen molar-refractivity contribution in [2.75, 3.05) is 25.6 Å². The summed E-state index contributed by atoms with van der Waals surface area (Å²) in [6, 6.07) is 7.54. The number of ether oxygens (including phenoxy) is 1. The molecule has 1 aliphatic carbocycles. The van der Waals surface area contributed by atoms with Gasteiger partial charge in [0.1, 0.15) is 0 Å². The van der Waals surface area contributed by atoms with Crippen LogP contribution in [0.5, 0.6) is 0 Å². The Bertz CT molecular complexity index is 425. The van der Waals surface area contributed by atoms with E-state index in [4.69, 9.17) is 4.74 Å². The summed E-state index contributed by atoms with van der Waals surface area (Å²) in [5.74, 6) is 1.03. The minimum Gasteiger partial charge on any atom is -0.462 e. The van der Waals surface area contributed by atoms with Gasteiger partial charge in [-0.2, -0.15) is 0 Å². The zero-order valence-electron chi connectivity index (χ0n) is 12.1. The Morgan fingerprint density at radius 2 is 1.95 bits per heavy atom. The molecule has 0 bridgehead atoms. The Morgan fingerprint density at radius 3 is 2.47 bits per heavy atom. The number of hydrogen-bond acceptors (Lipinski definition) is 3. The van der Waals surface area contributed by atoms with E-state index in [1.165, 1.54) is 19.3 Å². The third kappa shape index (κ3) is 3.49. The lowest BCUT2D eigenvalue weighted by molar-refractivity contribution is 0.0416. The molecule has 0 aliphatic heterocycles. The van der Waals surface area contributed by atoms with Gasteiger partial charge in [0.05, 0.1) is 12.2 Å². The van der Waals surface area contributed by atoms with Crippen LogP contribution < -0.4 is 4.90 Å². The maximum absolute atomic E-state index is 12.0. The molecule has 0 radical (unpaired) electrons. The summed E-state index contributed by atoms with van der Waals surface area (Å²) >= 11 is 0. The number of rotatable bonds is 4. The predicted octanol–water partition coefficient (Wildman–Crippen LogP) is 3.35. The van der Waals surface area contributed by atoms with E-state index in [1.807, 2.05) is 43.3 Å². The highest BCUT2D eigenvalue weighted by molar-refractivity contribution is 5.89. The minimum absolute atomic E-state index is 0.204. The molecule has 0 spiro atoms. The molecule has 0 N–H and O–H groups in total. The Hall–Kier alpha value is -1.51. The fourth-order valence-electron chi connectivity index (χ4n) is 2.63. The van der Waals surface area contributed by atoms with Gasteiger partial charge in [-0.25, -0.2) is 4.79 Å². The smallest absolute Gasteiger partial charge is 0.338 e. The first-order valence-corrected chi connectivity index (χ1v) is 7.02. The van der Waals surface area contributed by atoms with E-state index in [1.54, 1.807) is 0 Å². The van der Waals surface area contributed by atoms with Gasteiger partial charge in [0.2, 0.25) is 0 Å². The quantitative estimate of drug-likeness (QED) is 0.778. The van der Waals surface area contributed by atoms with Crippen molar-refractivity contribution in [1.29, 1.82) is 0 Å². The second-order valence-electron chi connectivity index (χ2n) is 5.71. The van der Waals surface area contributed by atoms with Crippen molar-refractivity contribution in [3.05, 3.63) is 29.8 Å². The Balaban J connectivity index is 1.89. The summed E-state index contributed by atoms with van der Waals surface area (Å²) in [6.07, 6.45) is 3.72. The summed E-state index contributed by atoms with van der Waals surface area (Å²) in [5.41, 5.74) is 1.72. The number of esters is 1. The number of carbonyl (C=O) groups excluding carboxylic acids is 1. The van der Waals surface area contributed by atoms with Crippen molar-refractivity contribution in [2.45, 2.75) is 26.2 Å². The molecule has 0 aromatic heterocycles. The first-order valence-electron chi connectivity index (χ1n) is 7.02. The molecule has 104 valence electrons. The molecule has 3 nitrogen and oxygen atoms in total. The van der Waals surface area contributed by atoms with E-state index in [-0.39, 0.29) is 5.97 Å². The SMILES string of the molecule is CC1CCCC1COC(=O)c1ccc(N(C)C)cc1. The molecule has 0 saturated heterocycles. The van der Waals surface area contributed by atoms with Crippen LogP contribution in [0.3, 0.4) is 0 Å². The second kappa shape index (κ2) is 6.09. The molecule has 2 rings (SSSR count). The van der Waals surface area contributed by atoms with E-state index in [2.05, 4.69) is 6.92 Å². The van der Waals surface area contributed by atoms with Crippen LogP contribution in [0, 0.1) is 11.8 Å². The summed E-state index contributed by atoms with van der Waals surface area (Å²) in [4.78, 5) is 14.0. The monoisotopic (exact) mass is 261 g/mol. The highest BCUT2D eigenvalue weighted by Crippen LogP contribution is 2.31. The van der Waals surface area contributed by atoms with E-state index in [0.717, 1.165) is 5.69 Å². The van der Waals surface area contributed by atoms with Gasteiger partial charge in [-0.1, -0.05) is 19.8 Å². The fourth-order valence-corrected chi connectivity index (χ4v) is 2.63. The summed E-state index contributed by atoms with van der Waals surface area (Å²) in [5, 5.41) is 0. The number of hydrogen-bond donors (Lipinski definition) is 0. The summed E-state index contributed by atoms with van der Waals surface area (Å²) < 4.78 is 5.43. The van der Waals surface area contributed by atoms with Gasteiger partial charge < -0.3 is 9.64 Å². The van der Waals surface area contributed by atoms with Crippen molar-refractivity contribution in [2.24, 2.45) is 11.8 Å². The van der Waals surface area contributed by atoms with Crippen LogP contribution in [0.15, 0.2) is 24.3 Å². The average molecular weight is 261 g/mol. The molecule has 1 aliphatic rings. The van der Waals surface area contributed by atoms with E-state index < -0.39 is 0 Å². The highest BCUT2D eigenvalue weighted by atomic mass is 16.5. The summed E-state index contributed by atoms with van der Waals surface area (Å²) in [7, 11) is 3.96. The molecule has 2 unspecified atom stereocenters. The van der Waals surface area contributed by atoms with Crippen LogP contribution in [-0.4, -0.2) is 26.7 Å². The van der Waals surface area contributed by atoms with Crippen LogP contribution in [-0.2, 0) is 4.74 Å². The normalized spacial score (nSPS) is 22.3. The lowest BCUT2D eigenvalue weighted by atomic mass is 9.99. The number of benzene rings is 1. The number of nitrogens with zero attached hydrogens (tertiary/aromatic N) is 1. The van der Waals surface area contributed by atoms with Crippen LogP contribution in [0.25, 0.3) is 0 Å². The largest absolute Gasteiger partial charge is 0.462 e. The molecule has 0 heterocycles. The first-order chi connectivity index (χ1) is 9.08. The zero-order valence-corrected chi connectivity index (χ0v) is 12.1. The molecule has 2 atom stereocenters. The average Bonchev–Trinajstić information content (AvgIpc) is 2.81. The van der Waals surface area contributed by atoms with Crippen LogP contribution in [0.1, 0.15) is 36.5 Å². The summed E-state index contributed by atoms with van der Waals surface area (Å²) in [6.45, 7) is 2.81. The molecule has 0 amide bonds. The highest BCUT2D eigenvalue weighted by Gasteiger charge is 2.24. The van der Waals surface area contributed by atoms with Crippen molar-refractivity contribution in [3.63, 3.8) is 0 Å². The molecular formula is C16H23NO2. The fraction of sp³-hybridized carbons (Fsp3) is 0.562. The maximum atomic E-state index is 12.0. The zero-order chi connectivity index (χ0) is 13.8. The lowest BCUT2D eigenvalue weighted by Gasteiger charge is -2.16. The third-order valence-corrected chi connectivity index (χ3v) is 4.09. The van der Waals surface area contributed by atoms with Crippen molar-refractivity contribution in [1.82, 2.24) is 0 Å². The van der Waals surface area contributed by atoms with Crippen molar-refractivity contribution in [3.8, 4) is 0 Å². The van der Waals surface area contributed by atoms with Gasteiger partial charge in [-0.15, -0.1) is 0 Å². The Morgan fingerprint density at radius 1 is 1.26 bits per heavy atom. The van der Waals surface area contributed by atoms with Gasteiger partial charge in [-0.3, -0.25) is 0 Å². The molecule has 1 aromatic rings. The molecule has 1 saturated carbocycles. The predicted molar refractivity (Wildman–Crippen MR) is 77.6 cm³/mol. The van der Waals surface area contributed by atoms with Gasteiger partial charge in [0.25, 0.3) is 0 Å². The Kier molecular flexibility index (Phi) is 4.46. The van der Waals surface area contributed by atoms with E-state index in [9.17, 15) is 4.79 Å². The van der Waals surface area contributed by atoms with Gasteiger partial charge in [-0.05, 0) is 42.5 Å². The van der Waals surface area contributed by atoms with Crippen LogP contribution >= 0.6 is 0 Å². The third-order valence-electron chi connectivity index (χ3n) is 4.09. The maximum Gasteiger partial charge on any atom is 0.338 e. The van der Waals surface area contributed by atoms with Crippen LogP contribution in [0.4, 0.5) is 5.69 Å². The second-order valence-corrected chi connectivity index (χ2v) is 5.71. The Labute approximate surface area is 115 Å². The molecule has 1 fully saturated rings. The van der Waals surface area contributed by atoms with Crippen LogP contribution in [0.2, 0.25) is 0 Å². The molecular weight excluding hydrogens is 238 g/mol. The minimum atomic E-state index is -0.204. The van der Waals surface area contributed by atoms with Crippen molar-refractivity contribution < 1.29 is 9.53 Å². The molecule has 1 aromatic carbocycles. The standard InChI is InChI=1S/C16H23NO2/c1-12-5-4-6-14(12)11-19-16(18)13-7-9-15(10-8-13)17(2)3/h7-10,12,14H,4-6,11H2,1-3H3. The number of carbonyl (C=O) groups is 1. The van der Waals surface area contributed by atoms with Crippen molar-refractivity contribution >= 4 is 11.7 Å². The van der Waals surface area contributed by atoms with Gasteiger partial charge in [0, 0.05) is 19.8 Å². The topological polar surface area (TPSA) is 29.5 Å². The lowest BCUT2D eigenvalue weighted by Crippen LogP contribution is -2.16. The van der Waals surface area contributed by atoms with E-state index >= 15 is 0 Å². The van der Waals surface area contributed by atoms with E-state index in [0.29, 0.717) is 24.0 Å². The van der Waals surface area contributed by atoms with Gasteiger partial charge in [0.15, 0.2) is 0 Å². The first kappa shape index (κ1) is 13.9. The number of anilines is 1. The van der Waals surface area contributed by atoms with Gasteiger partial charge >= 0.3 is 5.97 Å². The molecule has 19 heavy (non-hydrogen) atoms. The molecule has 3 heteroatoms.